The Kier molecular flexibility index (Phi) is 5.80. The van der Waals surface area contributed by atoms with Crippen LogP contribution in [0.2, 0.25) is 0 Å². The highest BCUT2D eigenvalue weighted by molar-refractivity contribution is 6.08. The van der Waals surface area contributed by atoms with Gasteiger partial charge in [0.25, 0.3) is 5.91 Å². The fourth-order valence-corrected chi connectivity index (χ4v) is 8.85. The Morgan fingerprint density at radius 3 is 2.73 bits per heavy atom. The van der Waals surface area contributed by atoms with Crippen LogP contribution in [0, 0.1) is 41.4 Å². The minimum atomic E-state index is -0.965. The molecule has 3 saturated carbocycles. The van der Waals surface area contributed by atoms with Crippen molar-refractivity contribution in [3.05, 3.63) is 69.9 Å². The van der Waals surface area contributed by atoms with Crippen molar-refractivity contribution in [2.45, 2.75) is 63.9 Å². The van der Waals surface area contributed by atoms with E-state index in [0.717, 1.165) is 57.1 Å². The number of carbonyl (C=O) groups excluding carboxylic acids is 1. The number of para-hydroxylation sites is 2. The molecule has 1 amide bonds. The average molecular weight is 534 g/mol. The minimum absolute atomic E-state index is 0.0893. The van der Waals surface area contributed by atoms with Gasteiger partial charge in [0.1, 0.15) is 5.60 Å². The second-order valence-electron chi connectivity index (χ2n) is 12.6. The molecule has 3 fully saturated rings. The van der Waals surface area contributed by atoms with E-state index in [2.05, 4.69) is 34.4 Å². The first-order valence-electron chi connectivity index (χ1n) is 14.6. The van der Waals surface area contributed by atoms with E-state index in [4.69, 9.17) is 6.42 Å². The summed E-state index contributed by atoms with van der Waals surface area (Å²) in [7, 11) is 0. The van der Waals surface area contributed by atoms with Crippen LogP contribution in [0.4, 0.5) is 0 Å². The van der Waals surface area contributed by atoms with Crippen molar-refractivity contribution in [3.8, 4) is 12.3 Å². The number of hydrazone groups is 1. The predicted octanol–water partition coefficient (Wildman–Crippen LogP) is 5.70. The second kappa shape index (κ2) is 9.17. The van der Waals surface area contributed by atoms with E-state index in [-0.39, 0.29) is 16.8 Å². The summed E-state index contributed by atoms with van der Waals surface area (Å²) < 4.78 is 0. The van der Waals surface area contributed by atoms with Gasteiger partial charge in [0.15, 0.2) is 5.43 Å². The Morgan fingerprint density at radius 2 is 1.88 bits per heavy atom. The van der Waals surface area contributed by atoms with Crippen LogP contribution in [-0.2, 0) is 0 Å². The molecule has 2 aromatic carbocycles. The van der Waals surface area contributed by atoms with E-state index in [9.17, 15) is 14.7 Å². The first-order valence-corrected chi connectivity index (χ1v) is 14.6. The van der Waals surface area contributed by atoms with Crippen molar-refractivity contribution in [2.24, 2.45) is 34.2 Å². The van der Waals surface area contributed by atoms with Crippen molar-refractivity contribution >= 4 is 33.4 Å². The molecule has 40 heavy (non-hydrogen) atoms. The van der Waals surface area contributed by atoms with E-state index >= 15 is 0 Å². The van der Waals surface area contributed by atoms with E-state index in [1.807, 2.05) is 18.2 Å². The molecule has 0 spiro atoms. The van der Waals surface area contributed by atoms with Crippen LogP contribution in [0.15, 0.2) is 64.0 Å². The van der Waals surface area contributed by atoms with Gasteiger partial charge in [-0.1, -0.05) is 36.6 Å². The number of hydrogen-bond donors (Lipinski definition) is 3. The van der Waals surface area contributed by atoms with Crippen LogP contribution in [0.3, 0.4) is 0 Å². The van der Waals surface area contributed by atoms with Crippen molar-refractivity contribution in [1.82, 2.24) is 10.4 Å². The van der Waals surface area contributed by atoms with Gasteiger partial charge in [-0.3, -0.25) is 9.59 Å². The Balaban J connectivity index is 1.11. The number of amides is 1. The number of rotatable bonds is 2. The molecular formula is C34H35N3O3. The van der Waals surface area contributed by atoms with Crippen LogP contribution >= 0.6 is 0 Å². The van der Waals surface area contributed by atoms with Gasteiger partial charge in [-0.05, 0) is 105 Å². The van der Waals surface area contributed by atoms with Gasteiger partial charge in [0.05, 0.1) is 16.8 Å². The summed E-state index contributed by atoms with van der Waals surface area (Å²) in [5.74, 6) is 4.73. The number of aromatic amines is 1. The van der Waals surface area contributed by atoms with Crippen LogP contribution in [0.1, 0.15) is 68.6 Å². The van der Waals surface area contributed by atoms with Crippen LogP contribution < -0.4 is 10.9 Å². The predicted molar refractivity (Wildman–Crippen MR) is 158 cm³/mol. The topological polar surface area (TPSA) is 94.6 Å². The number of fused-ring (bicyclic) bond motifs is 7. The zero-order valence-electron chi connectivity index (χ0n) is 22.9. The highest BCUT2D eigenvalue weighted by atomic mass is 16.3. The van der Waals surface area contributed by atoms with E-state index < -0.39 is 5.60 Å². The van der Waals surface area contributed by atoms with Crippen LogP contribution in [0.5, 0.6) is 0 Å². The lowest BCUT2D eigenvalue weighted by Gasteiger charge is -2.54. The quantitative estimate of drug-likeness (QED) is 0.224. The van der Waals surface area contributed by atoms with Crippen molar-refractivity contribution in [1.29, 1.82) is 0 Å². The molecule has 204 valence electrons. The van der Waals surface area contributed by atoms with Crippen molar-refractivity contribution in [2.75, 3.05) is 0 Å². The third-order valence-electron chi connectivity index (χ3n) is 11.0. The zero-order valence-corrected chi connectivity index (χ0v) is 22.9. The molecule has 4 aliphatic carbocycles. The largest absolute Gasteiger partial charge is 0.377 e. The Hall–Kier alpha value is -3.69. The summed E-state index contributed by atoms with van der Waals surface area (Å²) in [5, 5.41) is 16.8. The van der Waals surface area contributed by atoms with Gasteiger partial charge in [0.2, 0.25) is 0 Å². The molecule has 4 aliphatic rings. The van der Waals surface area contributed by atoms with Gasteiger partial charge in [-0.25, -0.2) is 5.43 Å². The van der Waals surface area contributed by atoms with Crippen molar-refractivity contribution < 1.29 is 9.90 Å². The number of nitrogens with zero attached hydrogens (tertiary/aromatic N) is 1. The van der Waals surface area contributed by atoms with E-state index in [1.54, 1.807) is 24.3 Å². The van der Waals surface area contributed by atoms with Crippen LogP contribution in [-0.4, -0.2) is 27.3 Å². The molecule has 1 unspecified atom stereocenters. The molecular weight excluding hydrogens is 498 g/mol. The number of nitrogens with one attached hydrogen (secondary N) is 2. The number of carbonyl (C=O) groups is 1. The summed E-state index contributed by atoms with van der Waals surface area (Å²) in [6.07, 6.45) is 15.9. The Labute approximate surface area is 233 Å². The third-order valence-corrected chi connectivity index (χ3v) is 11.0. The first-order chi connectivity index (χ1) is 19.3. The van der Waals surface area contributed by atoms with Gasteiger partial charge in [0, 0.05) is 21.7 Å². The third kappa shape index (κ3) is 3.64. The fraction of sp³-hybridized carbons (Fsp3) is 0.441. The molecule has 3 N–H and O–H groups in total. The first kappa shape index (κ1) is 25.3. The Morgan fingerprint density at radius 1 is 1.05 bits per heavy atom. The summed E-state index contributed by atoms with van der Waals surface area (Å²) >= 11 is 0. The monoisotopic (exact) mass is 533 g/mol. The number of terminal acetylenes is 1. The summed E-state index contributed by atoms with van der Waals surface area (Å²) in [5.41, 5.74) is 5.53. The summed E-state index contributed by atoms with van der Waals surface area (Å²) in [6, 6.07) is 12.6. The number of aliphatic hydroxyl groups is 1. The maximum absolute atomic E-state index is 13.2. The number of benzene rings is 2. The SMILES string of the molecule is C#C[C@]1(O)CC[C@H]2[C@@H]3CCC4=C/C(=N/NC(=O)c5cccc6c(=O)c7ccccc7[nH]c56)CCC4[C@H]3CC[C@@]21C. The molecule has 1 heterocycles. The molecule has 6 atom stereocenters. The normalized spacial score (nSPS) is 34.0. The smallest absolute Gasteiger partial charge is 0.273 e. The zero-order chi connectivity index (χ0) is 27.6. The van der Waals surface area contributed by atoms with Gasteiger partial charge >= 0.3 is 0 Å². The molecule has 6 heteroatoms. The number of aromatic nitrogens is 1. The Bertz CT molecular complexity index is 1710. The standard InChI is InChI=1S/C34H35N3O3/c1-3-34(40)18-16-28-24-13-11-20-19-21(12-14-22(20)23(24)15-17-33(28,34)2)36-37-32(39)27-9-6-8-26-30(27)35-29-10-5-4-7-25(29)31(26)38/h1,4-10,19,22-24,28,40H,11-18H2,2H3,(H,35,38)(H,37,39)/b36-21+/t22?,23-,24-,28+,33+,34+/m1/s1. The highest BCUT2D eigenvalue weighted by Crippen LogP contribution is 2.64. The molecule has 0 bridgehead atoms. The average Bonchev–Trinajstić information content (AvgIpc) is 3.26. The lowest BCUT2D eigenvalue weighted by atomic mass is 9.50. The number of hydrogen-bond acceptors (Lipinski definition) is 4. The molecule has 7 rings (SSSR count). The molecule has 1 aromatic heterocycles. The lowest BCUT2D eigenvalue weighted by molar-refractivity contribution is -0.0852. The second-order valence-corrected chi connectivity index (χ2v) is 12.6. The summed E-state index contributed by atoms with van der Waals surface area (Å²) in [4.78, 5) is 29.5. The maximum Gasteiger partial charge on any atom is 0.273 e. The minimum Gasteiger partial charge on any atom is -0.377 e. The number of allylic oxidation sites excluding steroid dienone is 2. The maximum atomic E-state index is 13.2. The van der Waals surface area contributed by atoms with E-state index in [0.29, 0.717) is 51.0 Å². The lowest BCUT2D eigenvalue weighted by Crippen LogP contribution is -2.52. The van der Waals surface area contributed by atoms with Crippen molar-refractivity contribution in [3.63, 3.8) is 0 Å². The number of pyridine rings is 1. The number of H-pyrrole nitrogens is 1. The molecule has 0 saturated heterocycles. The highest BCUT2D eigenvalue weighted by Gasteiger charge is 2.61. The molecule has 3 aromatic rings. The molecule has 6 nitrogen and oxygen atoms in total. The van der Waals surface area contributed by atoms with Gasteiger partial charge in [-0.2, -0.15) is 5.10 Å². The molecule has 0 radical (unpaired) electrons. The fourth-order valence-electron chi connectivity index (χ4n) is 8.85. The summed E-state index contributed by atoms with van der Waals surface area (Å²) in [6.45, 7) is 2.23. The van der Waals surface area contributed by atoms with Gasteiger partial charge < -0.3 is 10.1 Å². The van der Waals surface area contributed by atoms with Gasteiger partial charge in [-0.15, -0.1) is 6.42 Å². The van der Waals surface area contributed by atoms with E-state index in [1.165, 1.54) is 5.57 Å². The molecule has 0 aliphatic heterocycles. The van der Waals surface area contributed by atoms with Crippen LogP contribution in [0.25, 0.3) is 21.8 Å².